The molecule has 2 aliphatic heterocycles. The molecule has 1 fully saturated rings. The molecule has 0 atom stereocenters. The minimum atomic E-state index is -0.0191. The number of hydrogen-bond donors (Lipinski definition) is 0. The van der Waals surface area contributed by atoms with Crippen LogP contribution in [0.4, 0.5) is 11.4 Å². The number of morpholine rings is 1. The average Bonchev–Trinajstić information content (AvgIpc) is 2.62. The normalized spacial score (nSPS) is 18.4. The monoisotopic (exact) mass is 329 g/mol. The Labute approximate surface area is 142 Å². The zero-order valence-corrected chi connectivity index (χ0v) is 14.2. The van der Waals surface area contributed by atoms with Crippen molar-refractivity contribution >= 4 is 23.2 Å². The fraction of sp³-hybridized carbons (Fsp3) is 0.444. The van der Waals surface area contributed by atoms with Crippen molar-refractivity contribution in [3.63, 3.8) is 0 Å². The number of carbonyl (C=O) groups is 2. The number of ether oxygens (including phenoxy) is 1. The lowest BCUT2D eigenvalue weighted by Crippen LogP contribution is -2.45. The summed E-state index contributed by atoms with van der Waals surface area (Å²) in [6, 6.07) is 7.54. The van der Waals surface area contributed by atoms with Crippen molar-refractivity contribution in [1.82, 2.24) is 4.90 Å². The summed E-state index contributed by atoms with van der Waals surface area (Å²) < 4.78 is 5.37. The number of hydrogen-bond acceptors (Lipinski definition) is 4. The highest BCUT2D eigenvalue weighted by atomic mass is 16.5. The first-order valence-corrected chi connectivity index (χ1v) is 8.27. The molecule has 0 saturated carbocycles. The van der Waals surface area contributed by atoms with Gasteiger partial charge in [0.05, 0.1) is 18.9 Å². The Bertz CT molecular complexity index is 648. The van der Waals surface area contributed by atoms with E-state index in [0.29, 0.717) is 19.8 Å². The molecule has 0 aliphatic carbocycles. The maximum absolute atomic E-state index is 12.9. The maximum Gasteiger partial charge on any atom is 0.274 e. The van der Waals surface area contributed by atoms with Crippen molar-refractivity contribution < 1.29 is 14.3 Å². The van der Waals surface area contributed by atoms with Crippen molar-refractivity contribution in [1.29, 1.82) is 0 Å². The second-order valence-electron chi connectivity index (χ2n) is 6.03. The molecule has 0 unspecified atom stereocenters. The zero-order valence-electron chi connectivity index (χ0n) is 14.2. The van der Waals surface area contributed by atoms with Crippen LogP contribution in [0.25, 0.3) is 0 Å². The van der Waals surface area contributed by atoms with Crippen molar-refractivity contribution in [2.45, 2.75) is 13.3 Å². The second kappa shape index (κ2) is 7.05. The molecule has 0 N–H and O–H groups in total. The Balaban J connectivity index is 1.76. The topological polar surface area (TPSA) is 53.1 Å². The third-order valence-corrected chi connectivity index (χ3v) is 4.53. The molecule has 1 saturated heterocycles. The zero-order chi connectivity index (χ0) is 17.1. The molecular formula is C18H23N3O3. The van der Waals surface area contributed by atoms with Crippen molar-refractivity contribution in [2.24, 2.45) is 0 Å². The molecule has 1 aromatic carbocycles. The molecular weight excluding hydrogens is 306 g/mol. The van der Waals surface area contributed by atoms with Crippen LogP contribution in [0, 0.1) is 0 Å². The quantitative estimate of drug-likeness (QED) is 0.846. The van der Waals surface area contributed by atoms with E-state index in [4.69, 9.17) is 4.74 Å². The molecule has 0 spiro atoms. The molecule has 24 heavy (non-hydrogen) atoms. The Morgan fingerprint density at radius 3 is 2.42 bits per heavy atom. The molecule has 2 amide bonds. The van der Waals surface area contributed by atoms with Gasteiger partial charge in [0.2, 0.25) is 5.91 Å². The highest BCUT2D eigenvalue weighted by molar-refractivity contribution is 6.06. The molecule has 0 radical (unpaired) electrons. The van der Waals surface area contributed by atoms with Gasteiger partial charge in [0.1, 0.15) is 0 Å². The molecule has 0 bridgehead atoms. The van der Waals surface area contributed by atoms with E-state index in [2.05, 4.69) is 4.90 Å². The van der Waals surface area contributed by atoms with Gasteiger partial charge in [-0.05, 0) is 30.7 Å². The molecule has 0 aromatic heterocycles. The smallest absolute Gasteiger partial charge is 0.274 e. The van der Waals surface area contributed by atoms with Crippen molar-refractivity contribution in [2.75, 3.05) is 49.7 Å². The van der Waals surface area contributed by atoms with E-state index in [-0.39, 0.29) is 11.8 Å². The van der Waals surface area contributed by atoms with E-state index in [0.717, 1.165) is 36.6 Å². The van der Waals surface area contributed by atoms with Crippen LogP contribution < -0.4 is 9.80 Å². The van der Waals surface area contributed by atoms with E-state index in [1.165, 1.54) is 6.92 Å². The molecule has 128 valence electrons. The largest absolute Gasteiger partial charge is 0.378 e. The number of amides is 2. The third kappa shape index (κ3) is 3.28. The Morgan fingerprint density at radius 1 is 1.12 bits per heavy atom. The van der Waals surface area contributed by atoms with E-state index in [1.54, 1.807) is 11.9 Å². The average molecular weight is 329 g/mol. The van der Waals surface area contributed by atoms with Gasteiger partial charge in [0.15, 0.2) is 0 Å². The second-order valence-corrected chi connectivity index (χ2v) is 6.03. The summed E-state index contributed by atoms with van der Waals surface area (Å²) in [6.45, 7) is 5.05. The number of anilines is 2. The predicted molar refractivity (Wildman–Crippen MR) is 93.0 cm³/mol. The highest BCUT2D eigenvalue weighted by Gasteiger charge is 2.28. The molecule has 1 aromatic rings. The number of carbonyl (C=O) groups excluding carboxylic acids is 2. The number of rotatable bonds is 3. The van der Waals surface area contributed by atoms with Crippen LogP contribution in [0.3, 0.4) is 0 Å². The van der Waals surface area contributed by atoms with Gasteiger partial charge in [-0.3, -0.25) is 9.59 Å². The number of nitrogens with zero attached hydrogens (tertiary/aromatic N) is 3. The lowest BCUT2D eigenvalue weighted by molar-refractivity contribution is -0.118. The molecule has 3 rings (SSSR count). The van der Waals surface area contributed by atoms with Crippen LogP contribution in [-0.4, -0.2) is 56.6 Å². The lowest BCUT2D eigenvalue weighted by Gasteiger charge is -2.35. The first kappa shape index (κ1) is 16.5. The fourth-order valence-corrected chi connectivity index (χ4v) is 3.01. The summed E-state index contributed by atoms with van der Waals surface area (Å²) in [5.74, 6) is 0.0187. The van der Waals surface area contributed by atoms with Gasteiger partial charge in [0.25, 0.3) is 5.91 Å². The molecule has 6 heteroatoms. The third-order valence-electron chi connectivity index (χ3n) is 4.53. The summed E-state index contributed by atoms with van der Waals surface area (Å²) >= 11 is 0. The van der Waals surface area contributed by atoms with Crippen molar-refractivity contribution in [3.8, 4) is 0 Å². The van der Waals surface area contributed by atoms with Gasteiger partial charge in [-0.2, -0.15) is 0 Å². The minimum Gasteiger partial charge on any atom is -0.378 e. The molecule has 2 heterocycles. The Kier molecular flexibility index (Phi) is 4.85. The standard InChI is InChI=1S/C18H23N3O3/c1-14(22)19(2)15-5-7-16(8-6-15)21-9-3-4-17(18(21)23)20-10-12-24-13-11-20/h4-8H,3,9-13H2,1-2H3. The van der Waals surface area contributed by atoms with Gasteiger partial charge in [-0.15, -0.1) is 0 Å². The van der Waals surface area contributed by atoms with Crippen LogP contribution in [0.2, 0.25) is 0 Å². The lowest BCUT2D eigenvalue weighted by atomic mass is 10.1. The van der Waals surface area contributed by atoms with Crippen LogP contribution >= 0.6 is 0 Å². The van der Waals surface area contributed by atoms with Gasteiger partial charge >= 0.3 is 0 Å². The maximum atomic E-state index is 12.9. The van der Waals surface area contributed by atoms with Crippen LogP contribution in [0.1, 0.15) is 13.3 Å². The highest BCUT2D eigenvalue weighted by Crippen LogP contribution is 2.25. The van der Waals surface area contributed by atoms with E-state index in [9.17, 15) is 9.59 Å². The first-order chi connectivity index (χ1) is 11.6. The van der Waals surface area contributed by atoms with Gasteiger partial charge in [-0.25, -0.2) is 0 Å². The molecule has 6 nitrogen and oxygen atoms in total. The fourth-order valence-electron chi connectivity index (χ4n) is 3.01. The van der Waals surface area contributed by atoms with Crippen molar-refractivity contribution in [3.05, 3.63) is 36.0 Å². The van der Waals surface area contributed by atoms with E-state index >= 15 is 0 Å². The van der Waals surface area contributed by atoms with Crippen LogP contribution in [0.5, 0.6) is 0 Å². The SMILES string of the molecule is CC(=O)N(C)c1ccc(N2CCC=C(N3CCOCC3)C2=O)cc1. The van der Waals surface area contributed by atoms with Gasteiger partial charge in [0, 0.05) is 45.0 Å². The van der Waals surface area contributed by atoms with Crippen LogP contribution in [-0.2, 0) is 14.3 Å². The molecule has 2 aliphatic rings. The number of benzene rings is 1. The summed E-state index contributed by atoms with van der Waals surface area (Å²) in [4.78, 5) is 29.8. The summed E-state index contributed by atoms with van der Waals surface area (Å²) in [7, 11) is 1.74. The first-order valence-electron chi connectivity index (χ1n) is 8.27. The predicted octanol–water partition coefficient (Wildman–Crippen LogP) is 1.62. The van der Waals surface area contributed by atoms with E-state index < -0.39 is 0 Å². The van der Waals surface area contributed by atoms with E-state index in [1.807, 2.05) is 35.2 Å². The van der Waals surface area contributed by atoms with Gasteiger partial charge in [-0.1, -0.05) is 6.08 Å². The minimum absolute atomic E-state index is 0.0191. The summed E-state index contributed by atoms with van der Waals surface area (Å²) in [5.41, 5.74) is 2.45. The van der Waals surface area contributed by atoms with Gasteiger partial charge < -0.3 is 19.4 Å². The Morgan fingerprint density at radius 2 is 1.79 bits per heavy atom. The Hall–Kier alpha value is -2.34. The summed E-state index contributed by atoms with van der Waals surface area (Å²) in [6.07, 6.45) is 2.87. The van der Waals surface area contributed by atoms with Crippen LogP contribution in [0.15, 0.2) is 36.0 Å². The summed E-state index contributed by atoms with van der Waals surface area (Å²) in [5, 5.41) is 0.